The number of aliphatic imine (C=N–C) groups is 1. The zero-order valence-corrected chi connectivity index (χ0v) is 27.2. The molecular weight excluding hydrogens is 599 g/mol. The summed E-state index contributed by atoms with van der Waals surface area (Å²) in [6.07, 6.45) is 2.24. The Kier molecular flexibility index (Phi) is 9.75. The predicted octanol–water partition coefficient (Wildman–Crippen LogP) is 4.17. The first-order valence-corrected chi connectivity index (χ1v) is 15.4. The first-order chi connectivity index (χ1) is 21.8. The number of aromatic nitrogens is 2. The van der Waals surface area contributed by atoms with Gasteiger partial charge in [0.1, 0.15) is 11.9 Å². The molecule has 0 radical (unpaired) electrons. The van der Waals surface area contributed by atoms with Gasteiger partial charge in [-0.15, -0.1) is 0 Å². The summed E-state index contributed by atoms with van der Waals surface area (Å²) in [6.45, 7) is 6.26. The smallest absolute Gasteiger partial charge is 0.401 e. The SMILES string of the molecule is COc1cc(C)[nH]c(=O)c1CNC(=O)c1cc2c(C3=CC=NC(N(C)C)C3)ccn2c(C(C)N2CCN(CC(F)(F)F)CC2)c1C. The third-order valence-electron chi connectivity index (χ3n) is 9.01. The fraction of sp³-hybridized carbons (Fsp3) is 0.485. The molecule has 5 heterocycles. The van der Waals surface area contributed by atoms with Crippen LogP contribution in [-0.4, -0.2) is 102 Å². The second-order valence-corrected chi connectivity index (χ2v) is 12.3. The molecule has 0 aromatic carbocycles. The van der Waals surface area contributed by atoms with Crippen LogP contribution in [0.2, 0.25) is 0 Å². The van der Waals surface area contributed by atoms with E-state index in [9.17, 15) is 22.8 Å². The maximum absolute atomic E-state index is 13.9. The fourth-order valence-electron chi connectivity index (χ4n) is 6.49. The summed E-state index contributed by atoms with van der Waals surface area (Å²) in [5.41, 5.74) is 5.64. The number of aryl methyl sites for hydroxylation is 1. The monoisotopic (exact) mass is 641 g/mol. The lowest BCUT2D eigenvalue weighted by Crippen LogP contribution is -2.49. The van der Waals surface area contributed by atoms with Gasteiger partial charge in [-0.3, -0.25) is 29.3 Å². The number of piperazine rings is 1. The van der Waals surface area contributed by atoms with E-state index in [1.165, 1.54) is 12.0 Å². The third kappa shape index (κ3) is 7.06. The minimum Gasteiger partial charge on any atom is -0.496 e. The number of hydrogen-bond donors (Lipinski definition) is 2. The minimum absolute atomic E-state index is 0.0165. The van der Waals surface area contributed by atoms with Crippen LogP contribution < -0.4 is 15.6 Å². The lowest BCUT2D eigenvalue weighted by atomic mass is 9.96. The second-order valence-electron chi connectivity index (χ2n) is 12.3. The molecule has 2 atom stereocenters. The van der Waals surface area contributed by atoms with Gasteiger partial charge in [0, 0.05) is 73.6 Å². The van der Waals surface area contributed by atoms with Gasteiger partial charge < -0.3 is 19.4 Å². The van der Waals surface area contributed by atoms with Crippen LogP contribution in [0.1, 0.15) is 57.8 Å². The van der Waals surface area contributed by atoms with Crippen LogP contribution in [0, 0.1) is 13.8 Å². The van der Waals surface area contributed by atoms with Crippen molar-refractivity contribution in [3.63, 3.8) is 0 Å². The van der Waals surface area contributed by atoms with Crippen molar-refractivity contribution < 1.29 is 22.7 Å². The Morgan fingerprint density at radius 2 is 1.91 bits per heavy atom. The molecule has 2 N–H and O–H groups in total. The lowest BCUT2D eigenvalue weighted by molar-refractivity contribution is -0.149. The van der Waals surface area contributed by atoms with Crippen LogP contribution in [0.5, 0.6) is 5.75 Å². The minimum atomic E-state index is -4.24. The number of halogens is 3. The number of carbonyl (C=O) groups excluding carboxylic acids is 1. The average molecular weight is 642 g/mol. The highest BCUT2D eigenvalue weighted by atomic mass is 19.4. The maximum Gasteiger partial charge on any atom is 0.401 e. The normalized spacial score (nSPS) is 18.7. The van der Waals surface area contributed by atoms with E-state index >= 15 is 0 Å². The largest absolute Gasteiger partial charge is 0.496 e. The number of rotatable bonds is 9. The summed E-state index contributed by atoms with van der Waals surface area (Å²) in [4.78, 5) is 39.6. The fourth-order valence-corrected chi connectivity index (χ4v) is 6.49. The number of pyridine rings is 2. The van der Waals surface area contributed by atoms with Crippen molar-refractivity contribution in [3.8, 4) is 5.75 Å². The molecule has 2 aliphatic rings. The van der Waals surface area contributed by atoms with Gasteiger partial charge in [0.25, 0.3) is 11.5 Å². The number of alkyl halides is 3. The van der Waals surface area contributed by atoms with Crippen LogP contribution >= 0.6 is 0 Å². The number of nitrogens with zero attached hydrogens (tertiary/aromatic N) is 5. The zero-order chi connectivity index (χ0) is 33.3. The summed E-state index contributed by atoms with van der Waals surface area (Å²) in [5.74, 6) is 0.0471. The predicted molar refractivity (Wildman–Crippen MR) is 173 cm³/mol. The van der Waals surface area contributed by atoms with E-state index in [1.807, 2.05) is 58.6 Å². The highest BCUT2D eigenvalue weighted by molar-refractivity contribution is 5.99. The number of hydrogen-bond acceptors (Lipinski definition) is 7. The quantitative estimate of drug-likeness (QED) is 0.364. The van der Waals surface area contributed by atoms with Crippen LogP contribution in [0.4, 0.5) is 13.2 Å². The van der Waals surface area contributed by atoms with Gasteiger partial charge in [0.15, 0.2) is 0 Å². The van der Waals surface area contributed by atoms with E-state index in [1.54, 1.807) is 13.0 Å². The third-order valence-corrected chi connectivity index (χ3v) is 9.01. The van der Waals surface area contributed by atoms with Crippen molar-refractivity contribution in [2.75, 3.05) is 53.9 Å². The standard InChI is InChI=1S/C33H42F3N7O3/c1-20-15-28(46-6)26(32(45)39-20)18-38-31(44)25-17-27-24(23-7-9-37-29(16-23)40(4)5)8-10-43(27)30(21(25)2)22(3)42-13-11-41(12-14-42)19-33(34,35)36/h7-10,15,17,22,29H,11-14,16,18-19H2,1-6H3,(H,38,44)(H,39,45). The molecule has 5 rings (SSSR count). The van der Waals surface area contributed by atoms with Gasteiger partial charge in [0.2, 0.25) is 0 Å². The average Bonchev–Trinajstić information content (AvgIpc) is 3.42. The van der Waals surface area contributed by atoms with Gasteiger partial charge in [-0.1, -0.05) is 0 Å². The first-order valence-electron chi connectivity index (χ1n) is 15.4. The summed E-state index contributed by atoms with van der Waals surface area (Å²) < 4.78 is 46.7. The molecular formula is C33H42F3N7O3. The number of nitrogens with one attached hydrogen (secondary N) is 2. The molecule has 3 aromatic heterocycles. The van der Waals surface area contributed by atoms with Gasteiger partial charge >= 0.3 is 6.18 Å². The molecule has 0 spiro atoms. The lowest BCUT2D eigenvalue weighted by Gasteiger charge is -2.39. The molecule has 1 fully saturated rings. The molecule has 10 nitrogen and oxygen atoms in total. The second kappa shape index (κ2) is 13.4. The molecule has 248 valence electrons. The summed E-state index contributed by atoms with van der Waals surface area (Å²) >= 11 is 0. The molecule has 0 bridgehead atoms. The van der Waals surface area contributed by atoms with E-state index < -0.39 is 12.7 Å². The van der Waals surface area contributed by atoms with Crippen LogP contribution in [0.25, 0.3) is 11.1 Å². The van der Waals surface area contributed by atoms with Crippen molar-refractivity contribution in [2.45, 2.75) is 52.1 Å². The Morgan fingerprint density at radius 3 is 2.57 bits per heavy atom. The Hall–Kier alpha value is -3.94. The highest BCUT2D eigenvalue weighted by Gasteiger charge is 2.34. The highest BCUT2D eigenvalue weighted by Crippen LogP contribution is 2.35. The molecule has 1 amide bonds. The number of methoxy groups -OCH3 is 1. The van der Waals surface area contributed by atoms with E-state index in [0.29, 0.717) is 55.2 Å². The molecule has 0 aliphatic carbocycles. The molecule has 46 heavy (non-hydrogen) atoms. The first kappa shape index (κ1) is 33.4. The van der Waals surface area contributed by atoms with Crippen LogP contribution in [0.3, 0.4) is 0 Å². The molecule has 2 aliphatic heterocycles. The van der Waals surface area contributed by atoms with Crippen molar-refractivity contribution in [1.29, 1.82) is 0 Å². The number of ether oxygens (including phenoxy) is 1. The van der Waals surface area contributed by atoms with E-state index in [2.05, 4.69) is 29.5 Å². The maximum atomic E-state index is 13.9. The summed E-state index contributed by atoms with van der Waals surface area (Å²) in [6, 6.07) is 5.44. The topological polar surface area (TPSA) is 97.7 Å². The van der Waals surface area contributed by atoms with Crippen LogP contribution in [0.15, 0.2) is 40.3 Å². The number of dihydropyridines is 1. The number of fused-ring (bicyclic) bond motifs is 1. The number of allylic oxidation sites excluding steroid dienone is 1. The van der Waals surface area contributed by atoms with E-state index in [-0.39, 0.29) is 30.2 Å². The molecule has 0 saturated carbocycles. The Bertz CT molecular complexity index is 1720. The van der Waals surface area contributed by atoms with Gasteiger partial charge in [0.05, 0.1) is 31.3 Å². The van der Waals surface area contributed by atoms with E-state index in [0.717, 1.165) is 27.9 Å². The molecule has 13 heteroatoms. The van der Waals surface area contributed by atoms with Gasteiger partial charge in [-0.25, -0.2) is 0 Å². The van der Waals surface area contributed by atoms with Crippen molar-refractivity contribution >= 4 is 23.2 Å². The van der Waals surface area contributed by atoms with Gasteiger partial charge in [-0.05, 0) is 70.3 Å². The number of aromatic amines is 1. The number of carbonyl (C=O) groups is 1. The van der Waals surface area contributed by atoms with Gasteiger partial charge in [-0.2, -0.15) is 13.2 Å². The summed E-state index contributed by atoms with van der Waals surface area (Å²) in [5, 5.41) is 2.92. The number of amides is 1. The van der Waals surface area contributed by atoms with Crippen molar-refractivity contribution in [3.05, 3.63) is 74.5 Å². The van der Waals surface area contributed by atoms with Crippen molar-refractivity contribution in [2.24, 2.45) is 4.99 Å². The number of H-pyrrole nitrogens is 1. The van der Waals surface area contributed by atoms with Crippen molar-refractivity contribution in [1.82, 2.24) is 29.4 Å². The molecule has 3 aromatic rings. The van der Waals surface area contributed by atoms with E-state index in [4.69, 9.17) is 4.74 Å². The Morgan fingerprint density at radius 1 is 1.20 bits per heavy atom. The van der Waals surface area contributed by atoms with Crippen LogP contribution in [-0.2, 0) is 6.54 Å². The zero-order valence-electron chi connectivity index (χ0n) is 27.2. The Labute approximate surface area is 266 Å². The molecule has 1 saturated heterocycles. The molecule has 2 unspecified atom stereocenters. The Balaban J connectivity index is 1.52. The summed E-state index contributed by atoms with van der Waals surface area (Å²) in [7, 11) is 5.45.